The number of halogens is 1. The predicted molar refractivity (Wildman–Crippen MR) is 68.6 cm³/mol. The van der Waals surface area contributed by atoms with Gasteiger partial charge in [0.15, 0.2) is 11.5 Å². The van der Waals surface area contributed by atoms with Gasteiger partial charge in [-0.25, -0.2) is 4.98 Å². The molecule has 6 heteroatoms. The Hall–Kier alpha value is -2.01. The number of nitrogens with zero attached hydrogens (tertiary/aromatic N) is 3. The van der Waals surface area contributed by atoms with Crippen LogP contribution in [0.1, 0.15) is 0 Å². The molecule has 0 aliphatic carbocycles. The predicted octanol–water partition coefficient (Wildman–Crippen LogP) is 2.55. The van der Waals surface area contributed by atoms with Gasteiger partial charge < -0.3 is 9.47 Å². The summed E-state index contributed by atoms with van der Waals surface area (Å²) < 4.78 is 12.4. The molecule has 0 unspecified atom stereocenters. The highest BCUT2D eigenvalue weighted by Crippen LogP contribution is 2.34. The van der Waals surface area contributed by atoms with Crippen LogP contribution in [0, 0.1) is 0 Å². The van der Waals surface area contributed by atoms with Crippen molar-refractivity contribution in [2.24, 2.45) is 0 Å². The minimum absolute atomic E-state index is 0.393. The van der Waals surface area contributed by atoms with Crippen LogP contribution in [-0.4, -0.2) is 28.6 Å². The SMILES string of the molecule is COc1cc2c(Cl)nc3nccn3c2cc1OC. The monoisotopic (exact) mass is 263 g/mol. The van der Waals surface area contributed by atoms with Crippen LogP contribution in [0.3, 0.4) is 0 Å². The topological polar surface area (TPSA) is 48.7 Å². The van der Waals surface area contributed by atoms with Crippen molar-refractivity contribution in [2.75, 3.05) is 14.2 Å². The van der Waals surface area contributed by atoms with Gasteiger partial charge >= 0.3 is 0 Å². The molecule has 3 rings (SSSR count). The molecule has 0 bridgehead atoms. The van der Waals surface area contributed by atoms with Crippen LogP contribution in [-0.2, 0) is 0 Å². The Morgan fingerprint density at radius 2 is 1.89 bits per heavy atom. The van der Waals surface area contributed by atoms with Crippen LogP contribution >= 0.6 is 11.6 Å². The molecule has 0 atom stereocenters. The smallest absolute Gasteiger partial charge is 0.235 e. The lowest BCUT2D eigenvalue weighted by molar-refractivity contribution is 0.355. The first-order valence-corrected chi connectivity index (χ1v) is 5.66. The Bertz CT molecular complexity index is 739. The van der Waals surface area contributed by atoms with Crippen LogP contribution in [0.5, 0.6) is 11.5 Å². The standard InChI is InChI=1S/C12H10ClN3O2/c1-17-9-5-7-8(6-10(9)18-2)16-4-3-14-12(16)15-11(7)13/h3-6H,1-2H3. The zero-order chi connectivity index (χ0) is 12.7. The molecule has 0 aliphatic rings. The van der Waals surface area contributed by atoms with E-state index < -0.39 is 0 Å². The highest BCUT2D eigenvalue weighted by Gasteiger charge is 2.12. The number of aromatic nitrogens is 3. The minimum Gasteiger partial charge on any atom is -0.493 e. The molecule has 5 nitrogen and oxygen atoms in total. The number of fused-ring (bicyclic) bond motifs is 3. The van der Waals surface area contributed by atoms with Crippen molar-refractivity contribution in [2.45, 2.75) is 0 Å². The number of hydrogen-bond acceptors (Lipinski definition) is 4. The molecule has 3 aromatic rings. The first-order valence-electron chi connectivity index (χ1n) is 5.29. The molecular weight excluding hydrogens is 254 g/mol. The van der Waals surface area contributed by atoms with E-state index in [1.54, 1.807) is 20.4 Å². The summed E-state index contributed by atoms with van der Waals surface area (Å²) in [6, 6.07) is 3.67. The maximum absolute atomic E-state index is 6.16. The zero-order valence-electron chi connectivity index (χ0n) is 9.85. The van der Waals surface area contributed by atoms with Gasteiger partial charge in [0.2, 0.25) is 5.78 Å². The summed E-state index contributed by atoms with van der Waals surface area (Å²) in [5.41, 5.74) is 0.875. The summed E-state index contributed by atoms with van der Waals surface area (Å²) in [7, 11) is 3.18. The number of benzene rings is 1. The molecule has 2 heterocycles. The fraction of sp³-hybridized carbons (Fsp3) is 0.167. The molecule has 0 saturated heterocycles. The van der Waals surface area contributed by atoms with Crippen molar-refractivity contribution in [1.29, 1.82) is 0 Å². The van der Waals surface area contributed by atoms with E-state index in [1.807, 2.05) is 22.7 Å². The molecule has 2 aromatic heterocycles. The molecule has 0 spiro atoms. The molecule has 1 aromatic carbocycles. The van der Waals surface area contributed by atoms with E-state index in [1.165, 1.54) is 0 Å². The van der Waals surface area contributed by atoms with Crippen molar-refractivity contribution >= 4 is 28.3 Å². The molecule has 92 valence electrons. The van der Waals surface area contributed by atoms with E-state index >= 15 is 0 Å². The Balaban J connectivity index is 2.48. The Kier molecular flexibility index (Phi) is 2.48. The van der Waals surface area contributed by atoms with Crippen molar-refractivity contribution in [1.82, 2.24) is 14.4 Å². The number of ether oxygens (including phenoxy) is 2. The van der Waals surface area contributed by atoms with Crippen molar-refractivity contribution in [3.63, 3.8) is 0 Å². The lowest BCUT2D eigenvalue weighted by Gasteiger charge is -2.10. The maximum atomic E-state index is 6.16. The summed E-state index contributed by atoms with van der Waals surface area (Å²) in [5, 5.41) is 1.18. The molecule has 0 radical (unpaired) electrons. The van der Waals surface area contributed by atoms with E-state index in [9.17, 15) is 0 Å². The van der Waals surface area contributed by atoms with Gasteiger partial charge in [0, 0.05) is 23.8 Å². The second-order valence-corrected chi connectivity index (χ2v) is 4.08. The molecular formula is C12H10ClN3O2. The largest absolute Gasteiger partial charge is 0.493 e. The second-order valence-electron chi connectivity index (χ2n) is 3.72. The third-order valence-corrected chi connectivity index (χ3v) is 3.09. The first kappa shape index (κ1) is 11.1. The van der Waals surface area contributed by atoms with E-state index in [-0.39, 0.29) is 0 Å². The van der Waals surface area contributed by atoms with Crippen molar-refractivity contribution < 1.29 is 9.47 Å². The van der Waals surface area contributed by atoms with Crippen LogP contribution in [0.2, 0.25) is 5.15 Å². The lowest BCUT2D eigenvalue weighted by atomic mass is 10.2. The average molecular weight is 264 g/mol. The fourth-order valence-electron chi connectivity index (χ4n) is 1.95. The highest BCUT2D eigenvalue weighted by molar-refractivity contribution is 6.34. The van der Waals surface area contributed by atoms with Gasteiger partial charge in [0.1, 0.15) is 5.15 Å². The first-order chi connectivity index (χ1) is 8.74. The molecule has 0 fully saturated rings. The molecule has 18 heavy (non-hydrogen) atoms. The van der Waals surface area contributed by atoms with Gasteiger partial charge in [0.05, 0.1) is 19.7 Å². The summed E-state index contributed by atoms with van der Waals surface area (Å²) >= 11 is 6.16. The van der Waals surface area contributed by atoms with Gasteiger partial charge in [0.25, 0.3) is 0 Å². The van der Waals surface area contributed by atoms with Crippen LogP contribution in [0.25, 0.3) is 16.7 Å². The van der Waals surface area contributed by atoms with Gasteiger partial charge in [-0.05, 0) is 6.07 Å². The number of hydrogen-bond donors (Lipinski definition) is 0. The van der Waals surface area contributed by atoms with Crippen LogP contribution < -0.4 is 9.47 Å². The number of imidazole rings is 1. The molecule has 0 saturated carbocycles. The Labute approximate surface area is 108 Å². The lowest BCUT2D eigenvalue weighted by Crippen LogP contribution is -1.96. The maximum Gasteiger partial charge on any atom is 0.235 e. The van der Waals surface area contributed by atoms with E-state index in [4.69, 9.17) is 21.1 Å². The van der Waals surface area contributed by atoms with E-state index in [0.29, 0.717) is 22.4 Å². The molecule has 0 N–H and O–H groups in total. The van der Waals surface area contributed by atoms with Gasteiger partial charge in [-0.1, -0.05) is 11.6 Å². The average Bonchev–Trinajstić information content (AvgIpc) is 2.85. The number of methoxy groups -OCH3 is 2. The second kappa shape index (κ2) is 4.03. The van der Waals surface area contributed by atoms with E-state index in [0.717, 1.165) is 10.9 Å². The minimum atomic E-state index is 0.393. The molecule has 0 aliphatic heterocycles. The quantitative estimate of drug-likeness (QED) is 0.667. The Morgan fingerprint density at radius 3 is 2.61 bits per heavy atom. The molecule has 0 amide bonds. The third-order valence-electron chi connectivity index (χ3n) is 2.80. The summed E-state index contributed by atoms with van der Waals surface area (Å²) in [5.74, 6) is 1.81. The number of rotatable bonds is 2. The van der Waals surface area contributed by atoms with Crippen LogP contribution in [0.4, 0.5) is 0 Å². The Morgan fingerprint density at radius 1 is 1.17 bits per heavy atom. The summed E-state index contributed by atoms with van der Waals surface area (Å²) in [6.07, 6.45) is 3.50. The van der Waals surface area contributed by atoms with Gasteiger partial charge in [-0.3, -0.25) is 4.40 Å². The van der Waals surface area contributed by atoms with E-state index in [2.05, 4.69) is 9.97 Å². The zero-order valence-corrected chi connectivity index (χ0v) is 10.6. The fourth-order valence-corrected chi connectivity index (χ4v) is 2.17. The van der Waals surface area contributed by atoms with Crippen molar-refractivity contribution in [3.8, 4) is 11.5 Å². The summed E-state index contributed by atoms with van der Waals surface area (Å²) in [4.78, 5) is 8.34. The third kappa shape index (κ3) is 1.48. The normalized spacial score (nSPS) is 11.1. The van der Waals surface area contributed by atoms with Crippen molar-refractivity contribution in [3.05, 3.63) is 29.7 Å². The highest BCUT2D eigenvalue weighted by atomic mass is 35.5. The van der Waals surface area contributed by atoms with Crippen LogP contribution in [0.15, 0.2) is 24.5 Å². The van der Waals surface area contributed by atoms with Gasteiger partial charge in [-0.15, -0.1) is 0 Å². The van der Waals surface area contributed by atoms with Gasteiger partial charge in [-0.2, -0.15) is 4.98 Å². The summed E-state index contributed by atoms with van der Waals surface area (Å²) in [6.45, 7) is 0.